The van der Waals surface area contributed by atoms with E-state index in [1.807, 2.05) is 29.6 Å². The Kier molecular flexibility index (Phi) is 6.13. The molecule has 0 saturated carbocycles. The average molecular weight is 496 g/mol. The molecule has 1 N–H and O–H groups in total. The summed E-state index contributed by atoms with van der Waals surface area (Å²) < 4.78 is 16.3. The van der Waals surface area contributed by atoms with Crippen molar-refractivity contribution < 1.29 is 4.39 Å². The number of hydrogen-bond acceptors (Lipinski definition) is 7. The summed E-state index contributed by atoms with van der Waals surface area (Å²) in [5.41, 5.74) is 5.20. The Balaban J connectivity index is 1.70. The first-order chi connectivity index (χ1) is 16.5. The van der Waals surface area contributed by atoms with Crippen LogP contribution in [0.2, 0.25) is 5.02 Å². The molecule has 0 unspecified atom stereocenters. The molecule has 0 amide bonds. The predicted octanol–water partition coefficient (Wildman–Crippen LogP) is 5.02. The number of rotatable bonds is 5. The van der Waals surface area contributed by atoms with Crippen LogP contribution in [-0.2, 0) is 6.54 Å². The van der Waals surface area contributed by atoms with E-state index in [1.54, 1.807) is 11.6 Å². The molecule has 1 saturated heterocycles. The number of hydrogen-bond donors (Lipinski definition) is 1. The summed E-state index contributed by atoms with van der Waals surface area (Å²) in [4.78, 5) is 9.10. The first-order valence-corrected chi connectivity index (χ1v) is 12.3. The van der Waals surface area contributed by atoms with Crippen LogP contribution in [0.4, 0.5) is 21.6 Å². The van der Waals surface area contributed by atoms with Gasteiger partial charge < -0.3 is 15.1 Å². The number of thiazole rings is 1. The van der Waals surface area contributed by atoms with Crippen molar-refractivity contribution in [2.45, 2.75) is 13.5 Å². The fraction of sp³-hybridized carbons (Fsp3) is 0.292. The van der Waals surface area contributed by atoms with Gasteiger partial charge in [0.25, 0.3) is 0 Å². The van der Waals surface area contributed by atoms with Gasteiger partial charge in [0.1, 0.15) is 33.8 Å². The monoisotopic (exact) mass is 495 g/mol. The molecule has 0 aliphatic carbocycles. The Morgan fingerprint density at radius 2 is 2.06 bits per heavy atom. The Labute approximate surface area is 206 Å². The molecule has 10 heteroatoms. The standard InChI is InChI=1S/C24H23ClFN7S/c1-3-33-24(18-11-16(12-19(25)22(18)30-33)32-8-6-28-7-9-32)31(2)20-10-15(26)4-5-17(20)23-21(13-27)34-14-29-23/h4-5,10-12,14,28H,3,6-9H2,1-2H3. The van der Waals surface area contributed by atoms with Crippen molar-refractivity contribution in [1.82, 2.24) is 20.1 Å². The van der Waals surface area contributed by atoms with Gasteiger partial charge in [0.2, 0.25) is 0 Å². The van der Waals surface area contributed by atoms with E-state index in [0.717, 1.165) is 43.1 Å². The largest absolute Gasteiger partial charge is 0.369 e. The summed E-state index contributed by atoms with van der Waals surface area (Å²) in [6, 6.07) is 10.8. The average Bonchev–Trinajstić information content (AvgIpc) is 3.48. The molecule has 34 heavy (non-hydrogen) atoms. The number of benzene rings is 2. The molecule has 174 valence electrons. The second-order valence-electron chi connectivity index (χ2n) is 8.06. The van der Waals surface area contributed by atoms with Crippen molar-refractivity contribution in [3.63, 3.8) is 0 Å². The Hall–Kier alpha value is -3.19. The van der Waals surface area contributed by atoms with Gasteiger partial charge in [0.15, 0.2) is 0 Å². The van der Waals surface area contributed by atoms with Gasteiger partial charge >= 0.3 is 0 Å². The summed E-state index contributed by atoms with van der Waals surface area (Å²) >= 11 is 7.98. The summed E-state index contributed by atoms with van der Waals surface area (Å²) in [5, 5.41) is 19.1. The van der Waals surface area contributed by atoms with Crippen LogP contribution in [0.3, 0.4) is 0 Å². The Morgan fingerprint density at radius 3 is 2.79 bits per heavy atom. The van der Waals surface area contributed by atoms with Crippen LogP contribution in [0, 0.1) is 17.1 Å². The van der Waals surface area contributed by atoms with E-state index in [2.05, 4.69) is 27.3 Å². The molecule has 1 fully saturated rings. The quantitative estimate of drug-likeness (QED) is 0.419. The van der Waals surface area contributed by atoms with Crippen LogP contribution in [0.15, 0.2) is 35.8 Å². The maximum absolute atomic E-state index is 14.5. The molecule has 2 aromatic heterocycles. The summed E-state index contributed by atoms with van der Waals surface area (Å²) in [7, 11) is 1.88. The minimum absolute atomic E-state index is 0.370. The Morgan fingerprint density at radius 1 is 1.26 bits per heavy atom. The van der Waals surface area contributed by atoms with Crippen molar-refractivity contribution >= 4 is 51.0 Å². The number of nitriles is 1. The van der Waals surface area contributed by atoms with Crippen LogP contribution < -0.4 is 15.1 Å². The first kappa shape index (κ1) is 22.6. The van der Waals surface area contributed by atoms with Gasteiger partial charge in [-0.3, -0.25) is 0 Å². The van der Waals surface area contributed by atoms with Gasteiger partial charge in [-0.05, 0) is 37.3 Å². The Bertz CT molecular complexity index is 1400. The minimum atomic E-state index is -0.370. The van der Waals surface area contributed by atoms with Crippen molar-refractivity contribution in [2.24, 2.45) is 0 Å². The molecule has 1 aliphatic heterocycles. The number of nitrogens with one attached hydrogen (secondary N) is 1. The highest BCUT2D eigenvalue weighted by molar-refractivity contribution is 7.10. The molecule has 3 heterocycles. The lowest BCUT2D eigenvalue weighted by Crippen LogP contribution is -2.43. The zero-order valence-corrected chi connectivity index (χ0v) is 20.4. The molecule has 0 radical (unpaired) electrons. The molecular weight excluding hydrogens is 473 g/mol. The number of piperazine rings is 1. The third-order valence-electron chi connectivity index (χ3n) is 6.10. The van der Waals surface area contributed by atoms with Crippen molar-refractivity contribution in [2.75, 3.05) is 43.0 Å². The molecule has 2 aromatic carbocycles. The van der Waals surface area contributed by atoms with E-state index in [-0.39, 0.29) is 5.82 Å². The lowest BCUT2D eigenvalue weighted by atomic mass is 10.1. The van der Waals surface area contributed by atoms with E-state index in [9.17, 15) is 9.65 Å². The fourth-order valence-corrected chi connectivity index (χ4v) is 5.30. The third-order valence-corrected chi connectivity index (χ3v) is 7.12. The minimum Gasteiger partial charge on any atom is -0.369 e. The number of aromatic nitrogens is 3. The molecule has 0 bridgehead atoms. The zero-order valence-electron chi connectivity index (χ0n) is 18.8. The van der Waals surface area contributed by atoms with Crippen molar-refractivity contribution in [3.8, 4) is 17.3 Å². The molecule has 1 aliphatic rings. The van der Waals surface area contributed by atoms with Crippen LogP contribution in [0.5, 0.6) is 0 Å². The highest BCUT2D eigenvalue weighted by atomic mass is 35.5. The van der Waals surface area contributed by atoms with Crippen LogP contribution in [-0.4, -0.2) is 48.0 Å². The summed E-state index contributed by atoms with van der Waals surface area (Å²) in [6.07, 6.45) is 0. The van der Waals surface area contributed by atoms with Crippen LogP contribution in [0.1, 0.15) is 11.8 Å². The maximum Gasteiger partial charge on any atom is 0.139 e. The molecule has 5 rings (SSSR count). The second kappa shape index (κ2) is 9.22. The number of halogens is 2. The second-order valence-corrected chi connectivity index (χ2v) is 9.32. The van der Waals surface area contributed by atoms with Gasteiger partial charge in [0.05, 0.1) is 16.2 Å². The molecular formula is C24H23ClFN7S. The smallest absolute Gasteiger partial charge is 0.139 e. The fourth-order valence-electron chi connectivity index (χ4n) is 4.46. The van der Waals surface area contributed by atoms with E-state index in [1.165, 1.54) is 23.5 Å². The van der Waals surface area contributed by atoms with Gasteiger partial charge in [-0.15, -0.1) is 11.3 Å². The summed E-state index contributed by atoms with van der Waals surface area (Å²) in [5.74, 6) is 0.433. The van der Waals surface area contributed by atoms with Gasteiger partial charge in [-0.1, -0.05) is 11.6 Å². The lowest BCUT2D eigenvalue weighted by molar-refractivity contribution is 0.589. The molecule has 4 aromatic rings. The molecule has 0 atom stereocenters. The molecule has 0 spiro atoms. The van der Waals surface area contributed by atoms with Gasteiger partial charge in [-0.2, -0.15) is 10.4 Å². The molecule has 7 nitrogen and oxygen atoms in total. The van der Waals surface area contributed by atoms with Crippen molar-refractivity contribution in [1.29, 1.82) is 5.26 Å². The lowest BCUT2D eigenvalue weighted by Gasteiger charge is -2.30. The number of anilines is 3. The normalized spacial score (nSPS) is 13.9. The van der Waals surface area contributed by atoms with E-state index in [4.69, 9.17) is 16.7 Å². The zero-order chi connectivity index (χ0) is 23.8. The van der Waals surface area contributed by atoms with Crippen LogP contribution >= 0.6 is 22.9 Å². The van der Waals surface area contributed by atoms with E-state index >= 15 is 0 Å². The predicted molar refractivity (Wildman–Crippen MR) is 136 cm³/mol. The SMILES string of the molecule is CCn1nc2c(Cl)cc(N3CCNCC3)cc2c1N(C)c1cc(F)ccc1-c1ncsc1C#N. The highest BCUT2D eigenvalue weighted by Gasteiger charge is 2.24. The maximum atomic E-state index is 14.5. The number of nitrogens with zero attached hydrogens (tertiary/aromatic N) is 6. The number of fused-ring (bicyclic) bond motifs is 1. The topological polar surface area (TPSA) is 73.0 Å². The first-order valence-electron chi connectivity index (χ1n) is 11.0. The van der Waals surface area contributed by atoms with Crippen LogP contribution in [0.25, 0.3) is 22.2 Å². The highest BCUT2D eigenvalue weighted by Crippen LogP contribution is 2.41. The third kappa shape index (κ3) is 3.88. The van der Waals surface area contributed by atoms with Gasteiger partial charge in [0, 0.05) is 56.4 Å². The van der Waals surface area contributed by atoms with Crippen molar-refractivity contribution in [3.05, 3.63) is 51.6 Å². The van der Waals surface area contributed by atoms with E-state index in [0.29, 0.717) is 38.9 Å². The van der Waals surface area contributed by atoms with Gasteiger partial charge in [-0.25, -0.2) is 14.1 Å². The number of aryl methyl sites for hydroxylation is 1. The summed E-state index contributed by atoms with van der Waals surface area (Å²) in [6.45, 7) is 6.23. The van der Waals surface area contributed by atoms with E-state index < -0.39 is 0 Å².